The Bertz CT molecular complexity index is 1280. The summed E-state index contributed by atoms with van der Waals surface area (Å²) in [6, 6.07) is 33.3. The molecule has 4 nitrogen and oxygen atoms in total. The van der Waals surface area contributed by atoms with Gasteiger partial charge in [0.25, 0.3) is 0 Å². The van der Waals surface area contributed by atoms with Crippen LogP contribution < -0.4 is 9.47 Å². The second-order valence-corrected chi connectivity index (χ2v) is 10.8. The molecule has 0 spiro atoms. The number of alkyl halides is 3. The summed E-state index contributed by atoms with van der Waals surface area (Å²) in [4.78, 5) is 16.0. The molecule has 0 amide bonds. The minimum atomic E-state index is -4.77. The van der Waals surface area contributed by atoms with E-state index in [1.54, 1.807) is 13.8 Å². The normalized spacial score (nSPS) is 11.7. The number of benzene rings is 4. The van der Waals surface area contributed by atoms with Crippen LogP contribution in [0.15, 0.2) is 124 Å². The number of ether oxygens (including phenoxy) is 3. The van der Waals surface area contributed by atoms with Gasteiger partial charge in [0.2, 0.25) is 0 Å². The molecular weight excluding hydrogens is 513 g/mol. The molecule has 8 heteroatoms. The molecule has 0 heterocycles. The van der Waals surface area contributed by atoms with E-state index in [0.717, 1.165) is 4.90 Å². The summed E-state index contributed by atoms with van der Waals surface area (Å²) in [5.74, 6) is -0.442. The molecule has 0 aliphatic carbocycles. The van der Waals surface area contributed by atoms with Crippen LogP contribution in [0.1, 0.15) is 19.4 Å². The third-order valence-corrected chi connectivity index (χ3v) is 7.76. The van der Waals surface area contributed by atoms with Crippen LogP contribution in [0, 0.1) is 0 Å². The highest BCUT2D eigenvalue weighted by molar-refractivity contribution is 7.97. The predicted octanol–water partition coefficient (Wildman–Crippen LogP) is 7.54. The Kier molecular flexibility index (Phi) is 8.32. The van der Waals surface area contributed by atoms with Gasteiger partial charge in [-0.25, -0.2) is 4.79 Å². The molecule has 0 atom stereocenters. The third-order valence-electron chi connectivity index (χ3n) is 5.53. The topological polar surface area (TPSA) is 44.8 Å². The zero-order chi connectivity index (χ0) is 27.2. The molecule has 0 radical (unpaired) electrons. The van der Waals surface area contributed by atoms with Crippen molar-refractivity contribution < 1.29 is 32.2 Å². The Morgan fingerprint density at radius 2 is 1.16 bits per heavy atom. The summed E-state index contributed by atoms with van der Waals surface area (Å²) in [7, 11) is -0.296. The number of carbonyl (C=O) groups is 1. The lowest BCUT2D eigenvalue weighted by Gasteiger charge is -2.26. The van der Waals surface area contributed by atoms with E-state index in [2.05, 4.69) is 29.0 Å². The lowest BCUT2D eigenvalue weighted by Crippen LogP contribution is -2.28. The molecule has 196 valence electrons. The second kappa shape index (κ2) is 11.6. The first-order valence-electron chi connectivity index (χ1n) is 11.8. The first-order valence-corrected chi connectivity index (χ1v) is 13.0. The summed E-state index contributed by atoms with van der Waals surface area (Å²) >= 11 is 0. The number of esters is 1. The van der Waals surface area contributed by atoms with Crippen molar-refractivity contribution in [2.24, 2.45) is 0 Å². The quantitative estimate of drug-likeness (QED) is 0.163. The van der Waals surface area contributed by atoms with Gasteiger partial charge in [0.15, 0.2) is 21.3 Å². The third kappa shape index (κ3) is 7.32. The van der Waals surface area contributed by atoms with E-state index in [0.29, 0.717) is 11.3 Å². The molecule has 4 aromatic carbocycles. The predicted molar refractivity (Wildman–Crippen MR) is 139 cm³/mol. The zero-order valence-corrected chi connectivity index (χ0v) is 21.6. The van der Waals surface area contributed by atoms with Crippen molar-refractivity contribution in [2.45, 2.75) is 40.5 Å². The van der Waals surface area contributed by atoms with E-state index in [1.807, 2.05) is 60.7 Å². The van der Waals surface area contributed by atoms with E-state index >= 15 is 0 Å². The maximum Gasteiger partial charge on any atom is 0.573 e. The Labute approximate surface area is 222 Å². The standard InChI is InChI=1S/C30H26F3O4S/c1-29(2,22-13-15-24(16-14-22)36-30(31,32)33)37-28(34)21-35-23-17-19-27(20-18-23)38(25-9-5-3-6-10-25)26-11-7-4-8-12-26/h3-20H,21H2,1-2H3/q+1. The van der Waals surface area contributed by atoms with Crippen LogP contribution in [-0.4, -0.2) is 18.9 Å². The minimum Gasteiger partial charge on any atom is -0.482 e. The van der Waals surface area contributed by atoms with Crippen molar-refractivity contribution in [1.29, 1.82) is 0 Å². The van der Waals surface area contributed by atoms with Gasteiger partial charge in [-0.3, -0.25) is 0 Å². The molecule has 0 saturated heterocycles. The number of rotatable bonds is 9. The van der Waals surface area contributed by atoms with Crippen molar-refractivity contribution >= 4 is 16.9 Å². The van der Waals surface area contributed by atoms with Gasteiger partial charge in [-0.15, -0.1) is 13.2 Å². The molecule has 0 aliphatic heterocycles. The molecule has 38 heavy (non-hydrogen) atoms. The smallest absolute Gasteiger partial charge is 0.482 e. The molecule has 0 bridgehead atoms. The molecule has 0 fully saturated rings. The molecule has 0 saturated carbocycles. The summed E-state index contributed by atoms with van der Waals surface area (Å²) in [6.07, 6.45) is -4.77. The van der Waals surface area contributed by atoms with E-state index in [9.17, 15) is 18.0 Å². The van der Waals surface area contributed by atoms with E-state index in [4.69, 9.17) is 9.47 Å². The highest BCUT2D eigenvalue weighted by Crippen LogP contribution is 2.32. The van der Waals surface area contributed by atoms with Crippen molar-refractivity contribution in [3.8, 4) is 11.5 Å². The fourth-order valence-corrected chi connectivity index (χ4v) is 5.85. The summed E-state index contributed by atoms with van der Waals surface area (Å²) in [5.41, 5.74) is -0.570. The highest BCUT2D eigenvalue weighted by Gasteiger charge is 2.32. The van der Waals surface area contributed by atoms with Crippen LogP contribution >= 0.6 is 0 Å². The van der Waals surface area contributed by atoms with Crippen LogP contribution in [0.3, 0.4) is 0 Å². The maximum atomic E-state index is 12.5. The van der Waals surface area contributed by atoms with Crippen LogP contribution in [0.25, 0.3) is 0 Å². The number of halogens is 3. The Hall–Kier alpha value is -3.91. The SMILES string of the molecule is CC(C)(OC(=O)COc1ccc([S+](c2ccccc2)c2ccccc2)cc1)c1ccc(OC(F)(F)F)cc1. The lowest BCUT2D eigenvalue weighted by atomic mass is 9.98. The van der Waals surface area contributed by atoms with Gasteiger partial charge in [0, 0.05) is 0 Å². The summed E-state index contributed by atoms with van der Waals surface area (Å²) < 4.78 is 52.2. The van der Waals surface area contributed by atoms with Gasteiger partial charge in [-0.1, -0.05) is 48.5 Å². The van der Waals surface area contributed by atoms with Crippen LogP contribution in [-0.2, 0) is 26.0 Å². The zero-order valence-electron chi connectivity index (χ0n) is 20.8. The summed E-state index contributed by atoms with van der Waals surface area (Å²) in [6.45, 7) is 2.97. The minimum absolute atomic E-state index is 0.296. The van der Waals surface area contributed by atoms with Crippen molar-refractivity contribution in [3.63, 3.8) is 0 Å². The van der Waals surface area contributed by atoms with Gasteiger partial charge in [-0.05, 0) is 80.1 Å². The van der Waals surface area contributed by atoms with Crippen molar-refractivity contribution in [2.75, 3.05) is 6.61 Å². The molecule has 0 aliphatic rings. The van der Waals surface area contributed by atoms with E-state index in [1.165, 1.54) is 34.1 Å². The van der Waals surface area contributed by atoms with Gasteiger partial charge in [-0.2, -0.15) is 0 Å². The van der Waals surface area contributed by atoms with Gasteiger partial charge in [0.05, 0.1) is 10.9 Å². The molecule has 4 aromatic rings. The second-order valence-electron chi connectivity index (χ2n) is 8.75. The average Bonchev–Trinajstić information content (AvgIpc) is 2.89. The Balaban J connectivity index is 1.38. The van der Waals surface area contributed by atoms with E-state index in [-0.39, 0.29) is 23.3 Å². The first-order chi connectivity index (χ1) is 18.1. The first kappa shape index (κ1) is 27.1. The maximum absolute atomic E-state index is 12.5. The molecule has 0 unspecified atom stereocenters. The highest BCUT2D eigenvalue weighted by atomic mass is 32.2. The van der Waals surface area contributed by atoms with Crippen LogP contribution in [0.4, 0.5) is 13.2 Å². The Morgan fingerprint density at radius 1 is 0.684 bits per heavy atom. The molecule has 4 rings (SSSR count). The number of hydrogen-bond acceptors (Lipinski definition) is 4. The average molecular weight is 540 g/mol. The van der Waals surface area contributed by atoms with Gasteiger partial charge in [0.1, 0.15) is 17.1 Å². The number of carbonyl (C=O) groups excluding carboxylic acids is 1. The fourth-order valence-electron chi connectivity index (χ4n) is 3.77. The monoisotopic (exact) mass is 539 g/mol. The van der Waals surface area contributed by atoms with Gasteiger partial charge >= 0.3 is 12.3 Å². The summed E-state index contributed by atoms with van der Waals surface area (Å²) in [5, 5.41) is 0. The largest absolute Gasteiger partial charge is 0.573 e. The van der Waals surface area contributed by atoms with Gasteiger partial charge < -0.3 is 14.2 Å². The van der Waals surface area contributed by atoms with Crippen molar-refractivity contribution in [3.05, 3.63) is 115 Å². The van der Waals surface area contributed by atoms with E-state index < -0.39 is 17.9 Å². The fraction of sp³-hybridized carbons (Fsp3) is 0.167. The Morgan fingerprint density at radius 3 is 1.66 bits per heavy atom. The molecule has 0 aromatic heterocycles. The lowest BCUT2D eigenvalue weighted by molar-refractivity contribution is -0.274. The van der Waals surface area contributed by atoms with Crippen LogP contribution in [0.5, 0.6) is 11.5 Å². The van der Waals surface area contributed by atoms with Crippen LogP contribution in [0.2, 0.25) is 0 Å². The van der Waals surface area contributed by atoms with Crippen molar-refractivity contribution in [1.82, 2.24) is 0 Å². The molecule has 0 N–H and O–H groups in total. The molecular formula is C30H26F3O4S+. The number of hydrogen-bond donors (Lipinski definition) is 0.